The molecule has 9 heteroatoms. The van der Waals surface area contributed by atoms with Crippen molar-refractivity contribution >= 4 is 36.7 Å². The molecule has 0 bridgehead atoms. The minimum absolute atomic E-state index is 0.0109. The molecule has 2 aromatic rings. The fourth-order valence-corrected chi connectivity index (χ4v) is 4.26. The lowest BCUT2D eigenvalue weighted by Gasteiger charge is -2.20. The lowest BCUT2D eigenvalue weighted by molar-refractivity contribution is 0.467. The molecule has 0 saturated heterocycles. The van der Waals surface area contributed by atoms with Gasteiger partial charge in [-0.25, -0.2) is 0 Å². The first-order chi connectivity index (χ1) is 9.53. The molecule has 0 unspecified atom stereocenters. The van der Waals surface area contributed by atoms with E-state index in [4.69, 9.17) is 0 Å². The number of hydrogen-bond acceptors (Lipinski definition) is 5. The Kier molecular flexibility index (Phi) is 3.70. The van der Waals surface area contributed by atoms with E-state index < -0.39 is 30.0 Å². The van der Waals surface area contributed by atoms with Crippen LogP contribution in [0.25, 0.3) is 10.8 Å². The predicted octanol–water partition coefficient (Wildman–Crippen LogP) is 1.40. The molecule has 0 aliphatic carbocycles. The number of rotatable bonds is 3. The molecule has 21 heavy (non-hydrogen) atoms. The van der Waals surface area contributed by atoms with E-state index in [0.717, 1.165) is 6.07 Å². The summed E-state index contributed by atoms with van der Waals surface area (Å²) in [6.07, 6.45) is 0. The number of anilines is 1. The minimum atomic E-state index is -4.86. The van der Waals surface area contributed by atoms with Crippen LogP contribution in [0, 0.1) is 0 Å². The summed E-state index contributed by atoms with van der Waals surface area (Å²) in [5.41, 5.74) is -0.0109. The molecule has 2 aromatic carbocycles. The normalized spacial score (nSPS) is 12.6. The van der Waals surface area contributed by atoms with Gasteiger partial charge in [0.2, 0.25) is 0 Å². The second kappa shape index (κ2) is 4.95. The van der Waals surface area contributed by atoms with Crippen LogP contribution >= 0.6 is 0 Å². The van der Waals surface area contributed by atoms with E-state index in [0.29, 0.717) is 10.8 Å². The van der Waals surface area contributed by atoms with Crippen molar-refractivity contribution in [1.29, 1.82) is 0 Å². The van der Waals surface area contributed by atoms with Crippen molar-refractivity contribution in [3.63, 3.8) is 0 Å². The van der Waals surface area contributed by atoms with Gasteiger partial charge in [-0.1, -0.05) is 24.3 Å². The lowest BCUT2D eigenvalue weighted by atomic mass is 10.1. The standard InChI is InChI=1S/C12H13NO6S2/c1-13(2)11-9-6-4-3-5-8(9)7-10(20(14,15)16)12(11)21(17,18)19/h3-7H,1-2H3,(H,14,15,16)(H,17,18,19). The average Bonchev–Trinajstić information content (AvgIpc) is 2.34. The Labute approximate surface area is 122 Å². The molecule has 114 valence electrons. The first kappa shape index (κ1) is 15.7. The topological polar surface area (TPSA) is 112 Å². The summed E-state index contributed by atoms with van der Waals surface area (Å²) < 4.78 is 64.9. The van der Waals surface area contributed by atoms with E-state index in [1.165, 1.54) is 19.0 Å². The van der Waals surface area contributed by atoms with Crippen LogP contribution in [0.5, 0.6) is 0 Å². The molecule has 0 spiro atoms. The molecule has 0 radical (unpaired) electrons. The monoisotopic (exact) mass is 331 g/mol. The maximum absolute atomic E-state index is 11.6. The second-order valence-electron chi connectivity index (χ2n) is 4.62. The van der Waals surface area contributed by atoms with E-state index in [1.807, 2.05) is 0 Å². The molecule has 7 nitrogen and oxygen atoms in total. The SMILES string of the molecule is CN(C)c1c(S(=O)(=O)O)c(S(=O)(=O)O)cc2ccccc12. The van der Waals surface area contributed by atoms with Crippen molar-refractivity contribution in [2.24, 2.45) is 0 Å². The molecule has 0 amide bonds. The van der Waals surface area contributed by atoms with Gasteiger partial charge >= 0.3 is 0 Å². The Bertz CT molecular complexity index is 916. The van der Waals surface area contributed by atoms with Gasteiger partial charge in [0, 0.05) is 19.5 Å². The van der Waals surface area contributed by atoms with Gasteiger partial charge < -0.3 is 4.90 Å². The smallest absolute Gasteiger partial charge is 0.298 e. The van der Waals surface area contributed by atoms with Crippen molar-refractivity contribution in [1.82, 2.24) is 0 Å². The van der Waals surface area contributed by atoms with E-state index in [-0.39, 0.29) is 5.69 Å². The van der Waals surface area contributed by atoms with Crippen LogP contribution in [0.4, 0.5) is 5.69 Å². The Morgan fingerprint density at radius 1 is 0.952 bits per heavy atom. The molecule has 0 atom stereocenters. The summed E-state index contributed by atoms with van der Waals surface area (Å²) in [4.78, 5) is -0.332. The van der Waals surface area contributed by atoms with Crippen LogP contribution in [0.1, 0.15) is 0 Å². The molecule has 2 N–H and O–H groups in total. The predicted molar refractivity (Wildman–Crippen MR) is 77.9 cm³/mol. The highest BCUT2D eigenvalue weighted by Gasteiger charge is 2.30. The molecule has 0 fully saturated rings. The van der Waals surface area contributed by atoms with Crippen LogP contribution in [0.3, 0.4) is 0 Å². The van der Waals surface area contributed by atoms with Gasteiger partial charge in [-0.05, 0) is 11.5 Å². The van der Waals surface area contributed by atoms with Gasteiger partial charge in [0.1, 0.15) is 9.79 Å². The average molecular weight is 331 g/mol. The Morgan fingerprint density at radius 2 is 1.52 bits per heavy atom. The molecule has 2 rings (SSSR count). The zero-order valence-electron chi connectivity index (χ0n) is 11.2. The van der Waals surface area contributed by atoms with Gasteiger partial charge in [-0.15, -0.1) is 0 Å². The first-order valence-corrected chi connectivity index (χ1v) is 8.59. The third kappa shape index (κ3) is 2.86. The van der Waals surface area contributed by atoms with Gasteiger partial charge in [0.25, 0.3) is 20.2 Å². The fraction of sp³-hybridized carbons (Fsp3) is 0.167. The van der Waals surface area contributed by atoms with Crippen molar-refractivity contribution in [3.05, 3.63) is 30.3 Å². The maximum atomic E-state index is 11.6. The van der Waals surface area contributed by atoms with Crippen LogP contribution < -0.4 is 4.90 Å². The van der Waals surface area contributed by atoms with E-state index in [2.05, 4.69) is 0 Å². The molecular weight excluding hydrogens is 318 g/mol. The molecule has 0 aliphatic rings. The number of fused-ring (bicyclic) bond motifs is 1. The van der Waals surface area contributed by atoms with Gasteiger partial charge in [0.15, 0.2) is 0 Å². The van der Waals surface area contributed by atoms with Crippen LogP contribution in [0.15, 0.2) is 40.1 Å². The summed E-state index contributed by atoms with van der Waals surface area (Å²) in [6.45, 7) is 0. The zero-order chi connectivity index (χ0) is 16.0. The van der Waals surface area contributed by atoms with Crippen molar-refractivity contribution in [2.45, 2.75) is 9.79 Å². The van der Waals surface area contributed by atoms with E-state index in [9.17, 15) is 25.9 Å². The third-order valence-electron chi connectivity index (χ3n) is 2.92. The van der Waals surface area contributed by atoms with Crippen LogP contribution in [0.2, 0.25) is 0 Å². The lowest BCUT2D eigenvalue weighted by Crippen LogP contribution is -2.17. The van der Waals surface area contributed by atoms with Crippen molar-refractivity contribution in [3.8, 4) is 0 Å². The summed E-state index contributed by atoms with van der Waals surface area (Å²) in [5.74, 6) is 0. The molecular formula is C12H13NO6S2. The van der Waals surface area contributed by atoms with E-state index in [1.54, 1.807) is 24.3 Å². The number of benzene rings is 2. The Balaban J connectivity index is 3.18. The van der Waals surface area contributed by atoms with Crippen LogP contribution in [-0.4, -0.2) is 40.0 Å². The molecule has 0 saturated carbocycles. The highest BCUT2D eigenvalue weighted by Crippen LogP contribution is 2.37. The Morgan fingerprint density at radius 3 is 2.00 bits per heavy atom. The van der Waals surface area contributed by atoms with Gasteiger partial charge in [0.05, 0.1) is 5.69 Å². The molecule has 0 aliphatic heterocycles. The summed E-state index contributed by atoms with van der Waals surface area (Å²) in [6, 6.07) is 7.47. The molecule has 0 aromatic heterocycles. The summed E-state index contributed by atoms with van der Waals surface area (Å²) >= 11 is 0. The minimum Gasteiger partial charge on any atom is -0.376 e. The first-order valence-electron chi connectivity index (χ1n) is 5.71. The third-order valence-corrected chi connectivity index (χ3v) is 4.86. The highest BCUT2D eigenvalue weighted by atomic mass is 32.2. The Hall–Kier alpha value is -1.68. The zero-order valence-corrected chi connectivity index (χ0v) is 12.8. The van der Waals surface area contributed by atoms with Crippen molar-refractivity contribution in [2.75, 3.05) is 19.0 Å². The molecule has 0 heterocycles. The van der Waals surface area contributed by atoms with Crippen LogP contribution in [-0.2, 0) is 20.2 Å². The van der Waals surface area contributed by atoms with Crippen molar-refractivity contribution < 1.29 is 25.9 Å². The van der Waals surface area contributed by atoms with E-state index >= 15 is 0 Å². The second-order valence-corrected chi connectivity index (χ2v) is 7.37. The maximum Gasteiger partial charge on any atom is 0.298 e. The number of nitrogens with zero attached hydrogens (tertiary/aromatic N) is 1. The quantitative estimate of drug-likeness (QED) is 0.817. The van der Waals surface area contributed by atoms with Gasteiger partial charge in [-0.2, -0.15) is 16.8 Å². The highest BCUT2D eigenvalue weighted by molar-refractivity contribution is 7.89. The number of hydrogen-bond donors (Lipinski definition) is 2. The fourth-order valence-electron chi connectivity index (χ4n) is 2.17. The summed E-state index contributed by atoms with van der Waals surface area (Å²) in [5, 5.41) is 0.851. The van der Waals surface area contributed by atoms with Gasteiger partial charge in [-0.3, -0.25) is 9.11 Å². The largest absolute Gasteiger partial charge is 0.376 e. The summed E-state index contributed by atoms with van der Waals surface area (Å²) in [7, 11) is -6.69.